The van der Waals surface area contributed by atoms with Crippen molar-refractivity contribution in [2.24, 2.45) is 11.1 Å². The first-order valence-corrected chi connectivity index (χ1v) is 6.17. The summed E-state index contributed by atoms with van der Waals surface area (Å²) in [5.74, 6) is 0.0829. The number of nitrogens with zero attached hydrogens (tertiary/aromatic N) is 1. The molecule has 1 aromatic carbocycles. The molecule has 1 saturated heterocycles. The highest BCUT2D eigenvalue weighted by atomic mass is 16.5. The molecule has 1 aliphatic heterocycles. The quantitative estimate of drug-likeness (QED) is 0.862. The molecule has 0 aromatic heterocycles. The van der Waals surface area contributed by atoms with E-state index in [0.29, 0.717) is 26.3 Å². The second-order valence-electron chi connectivity index (χ2n) is 5.06. The number of hydrogen-bond donors (Lipinski definition) is 1. The molecule has 1 fully saturated rings. The van der Waals surface area contributed by atoms with E-state index in [2.05, 4.69) is 13.0 Å². The first-order chi connectivity index (χ1) is 8.59. The SMILES string of the molecule is Cc1ccccc1CN(C)C(=O)C1(CN)COC1. The highest BCUT2D eigenvalue weighted by Crippen LogP contribution is 2.28. The van der Waals surface area contributed by atoms with Crippen molar-refractivity contribution in [1.82, 2.24) is 4.90 Å². The van der Waals surface area contributed by atoms with Gasteiger partial charge in [-0.25, -0.2) is 0 Å². The third-order valence-corrected chi connectivity index (χ3v) is 3.62. The van der Waals surface area contributed by atoms with Gasteiger partial charge in [-0.15, -0.1) is 0 Å². The lowest BCUT2D eigenvalue weighted by molar-refractivity contribution is -0.169. The molecule has 98 valence electrons. The number of hydrogen-bond acceptors (Lipinski definition) is 3. The van der Waals surface area contributed by atoms with E-state index in [1.54, 1.807) is 4.90 Å². The maximum Gasteiger partial charge on any atom is 0.234 e. The van der Waals surface area contributed by atoms with Crippen LogP contribution in [0.1, 0.15) is 11.1 Å². The zero-order valence-corrected chi connectivity index (χ0v) is 11.0. The molecule has 4 nitrogen and oxygen atoms in total. The Morgan fingerprint density at radius 1 is 1.44 bits per heavy atom. The molecule has 0 saturated carbocycles. The number of nitrogens with two attached hydrogens (primary N) is 1. The fourth-order valence-corrected chi connectivity index (χ4v) is 2.20. The van der Waals surface area contributed by atoms with Crippen molar-refractivity contribution in [3.63, 3.8) is 0 Å². The molecule has 0 spiro atoms. The highest BCUT2D eigenvalue weighted by molar-refractivity contribution is 5.84. The number of carbonyl (C=O) groups is 1. The summed E-state index contributed by atoms with van der Waals surface area (Å²) in [7, 11) is 1.82. The van der Waals surface area contributed by atoms with Crippen molar-refractivity contribution in [2.45, 2.75) is 13.5 Å². The number of benzene rings is 1. The summed E-state index contributed by atoms with van der Waals surface area (Å²) in [6.07, 6.45) is 0. The summed E-state index contributed by atoms with van der Waals surface area (Å²) in [5, 5.41) is 0. The number of carbonyl (C=O) groups excluding carboxylic acids is 1. The molecule has 1 heterocycles. The minimum absolute atomic E-state index is 0.0829. The number of aryl methyl sites for hydroxylation is 1. The number of amides is 1. The van der Waals surface area contributed by atoms with Crippen molar-refractivity contribution in [2.75, 3.05) is 26.8 Å². The van der Waals surface area contributed by atoms with Crippen molar-refractivity contribution >= 4 is 5.91 Å². The molecule has 1 aliphatic rings. The monoisotopic (exact) mass is 248 g/mol. The van der Waals surface area contributed by atoms with Crippen LogP contribution >= 0.6 is 0 Å². The normalized spacial score (nSPS) is 17.1. The van der Waals surface area contributed by atoms with E-state index in [9.17, 15) is 4.79 Å². The van der Waals surface area contributed by atoms with Crippen LogP contribution in [0.3, 0.4) is 0 Å². The predicted molar refractivity (Wildman–Crippen MR) is 70.0 cm³/mol. The molecule has 0 aliphatic carbocycles. The first-order valence-electron chi connectivity index (χ1n) is 6.17. The third kappa shape index (κ3) is 2.26. The summed E-state index contributed by atoms with van der Waals surface area (Å²) < 4.78 is 5.15. The fourth-order valence-electron chi connectivity index (χ4n) is 2.20. The van der Waals surface area contributed by atoms with Crippen LogP contribution in [-0.2, 0) is 16.1 Å². The van der Waals surface area contributed by atoms with E-state index in [-0.39, 0.29) is 5.91 Å². The third-order valence-electron chi connectivity index (χ3n) is 3.62. The van der Waals surface area contributed by atoms with E-state index in [1.807, 2.05) is 25.2 Å². The average Bonchev–Trinajstić information content (AvgIpc) is 2.31. The van der Waals surface area contributed by atoms with Gasteiger partial charge in [0.15, 0.2) is 0 Å². The van der Waals surface area contributed by atoms with E-state index < -0.39 is 5.41 Å². The van der Waals surface area contributed by atoms with Crippen LogP contribution in [0.5, 0.6) is 0 Å². The van der Waals surface area contributed by atoms with Crippen LogP contribution in [0.25, 0.3) is 0 Å². The summed E-state index contributed by atoms with van der Waals surface area (Å²) in [6.45, 7) is 3.91. The summed E-state index contributed by atoms with van der Waals surface area (Å²) in [4.78, 5) is 14.1. The zero-order chi connectivity index (χ0) is 13.2. The van der Waals surface area contributed by atoms with Crippen LogP contribution in [0.15, 0.2) is 24.3 Å². The van der Waals surface area contributed by atoms with Crippen LogP contribution < -0.4 is 5.73 Å². The molecule has 18 heavy (non-hydrogen) atoms. The molecule has 0 atom stereocenters. The minimum Gasteiger partial charge on any atom is -0.379 e. The van der Waals surface area contributed by atoms with Gasteiger partial charge in [0.05, 0.1) is 13.2 Å². The average molecular weight is 248 g/mol. The second-order valence-corrected chi connectivity index (χ2v) is 5.06. The lowest BCUT2D eigenvalue weighted by Gasteiger charge is -2.41. The molecule has 4 heteroatoms. The van der Waals surface area contributed by atoms with Crippen molar-refractivity contribution in [3.8, 4) is 0 Å². The van der Waals surface area contributed by atoms with E-state index in [4.69, 9.17) is 10.5 Å². The molecule has 1 amide bonds. The molecule has 1 aromatic rings. The molecular formula is C14H20N2O2. The Hall–Kier alpha value is -1.39. The standard InChI is InChI=1S/C14H20N2O2/c1-11-5-3-4-6-12(11)7-16(2)13(17)14(8-15)9-18-10-14/h3-6H,7-10,15H2,1-2H3. The molecule has 2 rings (SSSR count). The highest BCUT2D eigenvalue weighted by Gasteiger charge is 2.46. The van der Waals surface area contributed by atoms with Crippen LogP contribution in [0.2, 0.25) is 0 Å². The maximum absolute atomic E-state index is 12.4. The van der Waals surface area contributed by atoms with Crippen molar-refractivity contribution in [1.29, 1.82) is 0 Å². The van der Waals surface area contributed by atoms with Crippen LogP contribution in [0, 0.1) is 12.3 Å². The summed E-state index contributed by atoms with van der Waals surface area (Å²) >= 11 is 0. The van der Waals surface area contributed by atoms with Crippen molar-refractivity contribution < 1.29 is 9.53 Å². The molecular weight excluding hydrogens is 228 g/mol. The smallest absolute Gasteiger partial charge is 0.234 e. The van der Waals surface area contributed by atoms with Gasteiger partial charge in [-0.2, -0.15) is 0 Å². The van der Waals surface area contributed by atoms with Gasteiger partial charge in [-0.1, -0.05) is 24.3 Å². The Kier molecular flexibility index (Phi) is 3.68. The Morgan fingerprint density at radius 3 is 2.61 bits per heavy atom. The van der Waals surface area contributed by atoms with Gasteiger partial charge in [-0.3, -0.25) is 4.79 Å². The summed E-state index contributed by atoms with van der Waals surface area (Å²) in [5.41, 5.74) is 7.58. The van der Waals surface area contributed by atoms with E-state index >= 15 is 0 Å². The van der Waals surface area contributed by atoms with Gasteiger partial charge in [0.1, 0.15) is 5.41 Å². The molecule has 0 bridgehead atoms. The first kappa shape index (κ1) is 13.1. The van der Waals surface area contributed by atoms with Crippen LogP contribution in [0.4, 0.5) is 0 Å². The summed E-state index contributed by atoms with van der Waals surface area (Å²) in [6, 6.07) is 8.10. The van der Waals surface area contributed by atoms with Crippen molar-refractivity contribution in [3.05, 3.63) is 35.4 Å². The number of ether oxygens (including phenoxy) is 1. The number of rotatable bonds is 4. The minimum atomic E-state index is -0.489. The Bertz CT molecular complexity index is 436. The second kappa shape index (κ2) is 5.08. The van der Waals surface area contributed by atoms with Crippen LogP contribution in [-0.4, -0.2) is 37.6 Å². The lowest BCUT2D eigenvalue weighted by Crippen LogP contribution is -2.58. The Balaban J connectivity index is 2.06. The largest absolute Gasteiger partial charge is 0.379 e. The Morgan fingerprint density at radius 2 is 2.11 bits per heavy atom. The van der Waals surface area contributed by atoms with Gasteiger partial charge in [0.2, 0.25) is 5.91 Å². The fraction of sp³-hybridized carbons (Fsp3) is 0.500. The van der Waals surface area contributed by atoms with Gasteiger partial charge < -0.3 is 15.4 Å². The van der Waals surface area contributed by atoms with E-state index in [0.717, 1.165) is 0 Å². The molecule has 0 unspecified atom stereocenters. The van der Waals surface area contributed by atoms with Gasteiger partial charge >= 0.3 is 0 Å². The molecule has 2 N–H and O–H groups in total. The lowest BCUT2D eigenvalue weighted by atomic mass is 9.84. The van der Waals surface area contributed by atoms with Gasteiger partial charge in [0, 0.05) is 20.1 Å². The predicted octanol–water partition coefficient (Wildman–Crippen LogP) is 0.929. The van der Waals surface area contributed by atoms with E-state index in [1.165, 1.54) is 11.1 Å². The van der Waals surface area contributed by atoms with Gasteiger partial charge in [-0.05, 0) is 18.1 Å². The molecule has 0 radical (unpaired) electrons. The Labute approximate surface area is 108 Å². The van der Waals surface area contributed by atoms with Gasteiger partial charge in [0.25, 0.3) is 0 Å². The topological polar surface area (TPSA) is 55.6 Å². The zero-order valence-electron chi connectivity index (χ0n) is 11.0. The maximum atomic E-state index is 12.4.